The average molecular weight is 498 g/mol. The monoisotopic (exact) mass is 497 g/mol. The number of esters is 1. The Morgan fingerprint density at radius 2 is 1.81 bits per heavy atom. The van der Waals surface area contributed by atoms with Crippen LogP contribution in [0.4, 0.5) is 0 Å². The summed E-state index contributed by atoms with van der Waals surface area (Å²) in [7, 11) is 0. The number of fused-ring (bicyclic) bond motifs is 2. The van der Waals surface area contributed by atoms with Crippen LogP contribution in [0.3, 0.4) is 0 Å². The number of carbonyl (C=O) groups excluding carboxylic acids is 2. The number of aliphatic hydroxyl groups is 2. The van der Waals surface area contributed by atoms with Gasteiger partial charge in [-0.2, -0.15) is 0 Å². The number of ketones is 1. The second kappa shape index (κ2) is 10.1. The Kier molecular flexibility index (Phi) is 7.45. The lowest BCUT2D eigenvalue weighted by molar-refractivity contribution is -0.155. The minimum absolute atomic E-state index is 0.0158. The highest BCUT2D eigenvalue weighted by Gasteiger charge is 2.47. The molecule has 2 heterocycles. The molecule has 2 unspecified atom stereocenters. The molecule has 1 aliphatic heterocycles. The number of Topliss-reactive ketones (excluding diaryl/α,β-unsaturated/α-hetero) is 1. The third-order valence-corrected chi connectivity index (χ3v) is 8.37. The van der Waals surface area contributed by atoms with Gasteiger partial charge in [-0.25, -0.2) is 4.98 Å². The molecule has 2 aromatic rings. The Morgan fingerprint density at radius 3 is 2.53 bits per heavy atom. The minimum atomic E-state index is -1.23. The summed E-state index contributed by atoms with van der Waals surface area (Å²) in [5, 5.41) is 21.9. The van der Waals surface area contributed by atoms with Crippen LogP contribution in [0.25, 0.3) is 11.1 Å². The van der Waals surface area contributed by atoms with E-state index >= 15 is 0 Å². The van der Waals surface area contributed by atoms with Crippen LogP contribution in [0.5, 0.6) is 0 Å². The van der Waals surface area contributed by atoms with Crippen molar-refractivity contribution in [3.8, 4) is 0 Å². The molecule has 0 saturated heterocycles. The maximum absolute atomic E-state index is 13.3. The molecule has 1 aromatic heterocycles. The minimum Gasteiger partial charge on any atom is -0.457 e. The van der Waals surface area contributed by atoms with Crippen LogP contribution in [0.2, 0.25) is 0 Å². The van der Waals surface area contributed by atoms with Gasteiger partial charge in [-0.05, 0) is 55.2 Å². The number of aliphatic hydroxyl groups excluding tert-OH is 2. The van der Waals surface area contributed by atoms with Gasteiger partial charge in [0.2, 0.25) is 0 Å². The fraction of sp³-hybridized carbons (Fsp3) is 0.621. The molecule has 0 radical (unpaired) electrons. The number of ether oxygens (including phenoxy) is 1. The molecule has 7 nitrogen and oxygen atoms in total. The largest absolute Gasteiger partial charge is 0.457 e. The molecule has 7 atom stereocenters. The number of hydrogen-bond donors (Lipinski definition) is 2. The van der Waals surface area contributed by atoms with E-state index in [9.17, 15) is 19.8 Å². The van der Waals surface area contributed by atoms with E-state index in [0.717, 1.165) is 18.4 Å². The van der Waals surface area contributed by atoms with Crippen molar-refractivity contribution in [3.05, 3.63) is 41.3 Å². The van der Waals surface area contributed by atoms with E-state index in [1.165, 1.54) is 5.57 Å². The van der Waals surface area contributed by atoms with Crippen molar-refractivity contribution in [1.29, 1.82) is 0 Å². The number of allylic oxidation sites excluding steroid dienone is 1. The molecule has 1 aromatic carbocycles. The van der Waals surface area contributed by atoms with Crippen molar-refractivity contribution in [2.45, 2.75) is 85.5 Å². The van der Waals surface area contributed by atoms with Crippen LogP contribution < -0.4 is 0 Å². The molecule has 1 saturated carbocycles. The van der Waals surface area contributed by atoms with E-state index in [4.69, 9.17) is 9.15 Å². The molecular formula is C29H39NO6. The summed E-state index contributed by atoms with van der Waals surface area (Å²) >= 11 is 0. The van der Waals surface area contributed by atoms with Crippen molar-refractivity contribution >= 4 is 22.9 Å². The summed E-state index contributed by atoms with van der Waals surface area (Å²) in [6.07, 6.45) is 1.66. The van der Waals surface area contributed by atoms with Crippen molar-refractivity contribution in [2.24, 2.45) is 29.1 Å². The predicted octanol–water partition coefficient (Wildman–Crippen LogP) is 5.08. The number of hydrogen-bond acceptors (Lipinski definition) is 7. The molecule has 0 spiro atoms. The third kappa shape index (κ3) is 5.42. The second-order valence-electron chi connectivity index (χ2n) is 11.5. The molecule has 2 aliphatic rings. The van der Waals surface area contributed by atoms with E-state index in [-0.39, 0.29) is 18.1 Å². The van der Waals surface area contributed by atoms with E-state index in [0.29, 0.717) is 35.2 Å². The Labute approximate surface area is 212 Å². The number of aromatic nitrogens is 1. The zero-order valence-electron chi connectivity index (χ0n) is 22.2. The molecule has 2 N–H and O–H groups in total. The zero-order chi connectivity index (χ0) is 26.4. The van der Waals surface area contributed by atoms with Crippen molar-refractivity contribution in [2.75, 3.05) is 0 Å². The first kappa shape index (κ1) is 26.6. The topological polar surface area (TPSA) is 110 Å². The predicted molar refractivity (Wildman–Crippen MR) is 136 cm³/mol. The van der Waals surface area contributed by atoms with Gasteiger partial charge in [0.05, 0.1) is 24.0 Å². The van der Waals surface area contributed by atoms with Crippen LogP contribution in [0.1, 0.15) is 77.9 Å². The Hall–Kier alpha value is -2.51. The van der Waals surface area contributed by atoms with Gasteiger partial charge < -0.3 is 19.4 Å². The van der Waals surface area contributed by atoms with E-state index in [1.807, 2.05) is 25.1 Å². The number of rotatable bonds is 1. The van der Waals surface area contributed by atoms with Crippen LogP contribution in [-0.4, -0.2) is 39.2 Å². The summed E-state index contributed by atoms with van der Waals surface area (Å²) in [6.45, 7) is 10.9. The van der Waals surface area contributed by atoms with E-state index < -0.39 is 35.6 Å². The molecule has 7 heteroatoms. The highest BCUT2D eigenvalue weighted by molar-refractivity contribution is 5.88. The Balaban J connectivity index is 1.64. The van der Waals surface area contributed by atoms with Crippen LogP contribution >= 0.6 is 0 Å². The van der Waals surface area contributed by atoms with Gasteiger partial charge in [-0.3, -0.25) is 9.59 Å². The lowest BCUT2D eigenvalue weighted by Gasteiger charge is -2.34. The number of nitrogens with zero attached hydrogens (tertiary/aromatic N) is 1. The number of oxazole rings is 1. The van der Waals surface area contributed by atoms with Gasteiger partial charge in [0.15, 0.2) is 11.5 Å². The van der Waals surface area contributed by atoms with Gasteiger partial charge in [-0.1, -0.05) is 45.4 Å². The second-order valence-corrected chi connectivity index (χ2v) is 11.5. The summed E-state index contributed by atoms with van der Waals surface area (Å²) in [6, 6.07) is 5.57. The highest BCUT2D eigenvalue weighted by Crippen LogP contribution is 2.50. The van der Waals surface area contributed by atoms with Gasteiger partial charge in [0.25, 0.3) is 0 Å². The van der Waals surface area contributed by atoms with Crippen molar-refractivity contribution < 1.29 is 29.0 Å². The van der Waals surface area contributed by atoms with Gasteiger partial charge >= 0.3 is 5.97 Å². The number of benzene rings is 1. The molecule has 0 amide bonds. The van der Waals surface area contributed by atoms with Gasteiger partial charge in [0, 0.05) is 19.3 Å². The molecule has 1 fully saturated rings. The lowest BCUT2D eigenvalue weighted by atomic mass is 9.72. The maximum atomic E-state index is 13.3. The molecule has 4 rings (SSSR count). The van der Waals surface area contributed by atoms with Crippen LogP contribution in [0.15, 0.2) is 34.3 Å². The summed E-state index contributed by atoms with van der Waals surface area (Å²) < 4.78 is 11.5. The Morgan fingerprint density at radius 1 is 1.08 bits per heavy atom. The fourth-order valence-corrected chi connectivity index (χ4v) is 5.70. The number of carbonyl (C=O) groups is 2. The smallest absolute Gasteiger partial charge is 0.309 e. The van der Waals surface area contributed by atoms with E-state index in [2.05, 4.69) is 18.0 Å². The molecule has 0 bridgehead atoms. The SMILES string of the molecule is C/C1=C/C[C@H](c2ccc3oc(C)nc3c2)OC(=O)C[C@H](O)C(C)(C)C(=O)[C@H](C)[C@@H](O)[C@@H](C)C2CC2C1. The number of aryl methyl sites for hydroxylation is 1. The lowest BCUT2D eigenvalue weighted by Crippen LogP contribution is -2.45. The number of cyclic esters (lactones) is 1. The fourth-order valence-electron chi connectivity index (χ4n) is 5.70. The first-order chi connectivity index (χ1) is 16.9. The summed E-state index contributed by atoms with van der Waals surface area (Å²) in [5.74, 6) is -0.0795. The van der Waals surface area contributed by atoms with Crippen molar-refractivity contribution in [1.82, 2.24) is 4.98 Å². The van der Waals surface area contributed by atoms with E-state index in [1.54, 1.807) is 27.7 Å². The van der Waals surface area contributed by atoms with Gasteiger partial charge in [0.1, 0.15) is 17.4 Å². The third-order valence-electron chi connectivity index (χ3n) is 8.37. The maximum Gasteiger partial charge on any atom is 0.309 e. The Bertz CT molecular complexity index is 1160. The standard InChI is InChI=1S/C29H39NO6/c1-15-7-9-23(19-8-10-24-22(13-19)30-18(4)35-24)36-26(32)14-25(31)29(5,6)28(34)17(3)27(33)16(2)21-12-20(21)11-15/h7-8,10,13,16-17,20-21,23,25,27,31,33H,9,11-12,14H2,1-6H3/b15-7-/t16-,17+,20?,21?,23+,25-,27-/m0/s1. The molecule has 196 valence electrons. The molecule has 36 heavy (non-hydrogen) atoms. The molecule has 1 aliphatic carbocycles. The van der Waals surface area contributed by atoms with Crippen LogP contribution in [-0.2, 0) is 14.3 Å². The summed E-state index contributed by atoms with van der Waals surface area (Å²) in [4.78, 5) is 30.7. The van der Waals surface area contributed by atoms with Gasteiger partial charge in [-0.15, -0.1) is 0 Å². The first-order valence-corrected chi connectivity index (χ1v) is 13.0. The first-order valence-electron chi connectivity index (χ1n) is 13.0. The normalized spacial score (nSPS) is 35.6. The van der Waals surface area contributed by atoms with Crippen LogP contribution in [0, 0.1) is 36.0 Å². The molecular weight excluding hydrogens is 458 g/mol. The van der Waals surface area contributed by atoms with Crippen molar-refractivity contribution in [3.63, 3.8) is 0 Å². The average Bonchev–Trinajstić information content (AvgIpc) is 3.48. The zero-order valence-corrected chi connectivity index (χ0v) is 22.2. The summed E-state index contributed by atoms with van der Waals surface area (Å²) in [5.41, 5.74) is 2.17. The quantitative estimate of drug-likeness (QED) is 0.418. The highest BCUT2D eigenvalue weighted by atomic mass is 16.5.